The summed E-state index contributed by atoms with van der Waals surface area (Å²) >= 11 is 0. The number of ether oxygens (including phenoxy) is 3. The lowest BCUT2D eigenvalue weighted by Gasteiger charge is -2.06. The molecule has 0 aromatic heterocycles. The van der Waals surface area contributed by atoms with Crippen molar-refractivity contribution in [1.82, 2.24) is 0 Å². The Balaban J connectivity index is 2.64. The van der Waals surface area contributed by atoms with Gasteiger partial charge in [0.2, 0.25) is 0 Å². The molecule has 0 aliphatic heterocycles. The van der Waals surface area contributed by atoms with Crippen LogP contribution in [0.3, 0.4) is 0 Å². The van der Waals surface area contributed by atoms with Crippen molar-refractivity contribution in [1.29, 1.82) is 0 Å². The summed E-state index contributed by atoms with van der Waals surface area (Å²) in [5.74, 6) is -2.21. The van der Waals surface area contributed by atoms with Crippen LogP contribution in [-0.2, 0) is 14.3 Å². The smallest absolute Gasteiger partial charge is 0.338 e. The molecule has 0 fully saturated rings. The number of carbonyl (C=O) groups excluding carboxylic acids is 2. The molecule has 0 N–H and O–H groups in total. The van der Waals surface area contributed by atoms with Gasteiger partial charge in [-0.2, -0.15) is 0 Å². The molecular weight excluding hydrogens is 291 g/mol. The van der Waals surface area contributed by atoms with Gasteiger partial charge in [0.25, 0.3) is 0 Å². The summed E-state index contributed by atoms with van der Waals surface area (Å²) in [6.07, 6.45) is 2.07. The number of hydrogen-bond acceptors (Lipinski definition) is 5. The van der Waals surface area contributed by atoms with Crippen LogP contribution in [0.15, 0.2) is 55.0 Å². The van der Waals surface area contributed by atoms with Crippen LogP contribution in [0, 0.1) is 5.82 Å². The van der Waals surface area contributed by atoms with E-state index in [1.165, 1.54) is 26.0 Å². The first-order chi connectivity index (χ1) is 10.3. The Morgan fingerprint density at radius 1 is 1.09 bits per heavy atom. The van der Waals surface area contributed by atoms with E-state index in [0.29, 0.717) is 0 Å². The first-order valence-electron chi connectivity index (χ1n) is 6.16. The van der Waals surface area contributed by atoms with Gasteiger partial charge >= 0.3 is 11.9 Å². The van der Waals surface area contributed by atoms with Gasteiger partial charge in [0.1, 0.15) is 18.3 Å². The van der Waals surface area contributed by atoms with E-state index < -0.39 is 17.8 Å². The highest BCUT2D eigenvalue weighted by Gasteiger charge is 2.11. The lowest BCUT2D eigenvalue weighted by molar-refractivity contribution is -0.133. The highest BCUT2D eigenvalue weighted by atomic mass is 19.1. The van der Waals surface area contributed by atoms with Crippen LogP contribution in [0.2, 0.25) is 0 Å². The molecule has 0 aliphatic rings. The third-order valence-corrected chi connectivity index (χ3v) is 2.24. The summed E-state index contributed by atoms with van der Waals surface area (Å²) in [4.78, 5) is 22.4. The van der Waals surface area contributed by atoms with Crippen molar-refractivity contribution in [3.05, 3.63) is 60.8 Å². The minimum Gasteiger partial charge on any atom is -0.462 e. The number of rotatable bonds is 6. The van der Waals surface area contributed by atoms with Crippen LogP contribution in [0.5, 0.6) is 11.5 Å². The van der Waals surface area contributed by atoms with Crippen molar-refractivity contribution in [2.75, 3.05) is 0 Å². The Morgan fingerprint density at radius 2 is 1.73 bits per heavy atom. The van der Waals surface area contributed by atoms with E-state index in [0.717, 1.165) is 18.6 Å². The van der Waals surface area contributed by atoms with E-state index >= 15 is 0 Å². The molecule has 0 radical (unpaired) electrons. The fraction of sp³-hybridized carbons (Fsp3) is 0.125. The predicted octanol–water partition coefficient (Wildman–Crippen LogP) is 3.28. The maximum absolute atomic E-state index is 13.7. The summed E-state index contributed by atoms with van der Waals surface area (Å²) in [7, 11) is 0. The zero-order valence-electron chi connectivity index (χ0n) is 12.2. The summed E-state index contributed by atoms with van der Waals surface area (Å²) in [6.45, 7) is 9.75. The number of esters is 2. The van der Waals surface area contributed by atoms with Gasteiger partial charge in [0, 0.05) is 17.2 Å². The third-order valence-electron chi connectivity index (χ3n) is 2.24. The largest absolute Gasteiger partial charge is 0.462 e. The lowest BCUT2D eigenvalue weighted by Crippen LogP contribution is -2.09. The van der Waals surface area contributed by atoms with Crippen molar-refractivity contribution in [2.24, 2.45) is 0 Å². The fourth-order valence-corrected chi connectivity index (χ4v) is 1.12. The van der Waals surface area contributed by atoms with Crippen LogP contribution < -0.4 is 9.47 Å². The zero-order chi connectivity index (χ0) is 16.7. The van der Waals surface area contributed by atoms with Gasteiger partial charge in [-0.3, -0.25) is 0 Å². The lowest BCUT2D eigenvalue weighted by atomic mass is 10.3. The second-order valence-corrected chi connectivity index (χ2v) is 4.34. The molecule has 0 heterocycles. The topological polar surface area (TPSA) is 61.8 Å². The van der Waals surface area contributed by atoms with Gasteiger partial charge in [0.05, 0.1) is 0 Å². The molecule has 0 unspecified atom stereocenters. The minimum absolute atomic E-state index is 0.134. The first-order valence-corrected chi connectivity index (χ1v) is 6.16. The average Bonchev–Trinajstić information content (AvgIpc) is 2.45. The quantitative estimate of drug-likeness (QED) is 0.349. The molecule has 0 aliphatic carbocycles. The second kappa shape index (κ2) is 7.78. The normalized spacial score (nSPS) is 10.1. The van der Waals surface area contributed by atoms with E-state index in [-0.39, 0.29) is 22.6 Å². The predicted molar refractivity (Wildman–Crippen MR) is 77.5 cm³/mol. The van der Waals surface area contributed by atoms with Crippen LogP contribution >= 0.6 is 0 Å². The summed E-state index contributed by atoms with van der Waals surface area (Å²) in [5.41, 5.74) is 0.390. The molecule has 0 amide bonds. The Labute approximate surface area is 127 Å². The van der Waals surface area contributed by atoms with E-state index in [1.807, 2.05) is 0 Å². The average molecular weight is 306 g/mol. The van der Waals surface area contributed by atoms with Gasteiger partial charge in [-0.25, -0.2) is 14.0 Å². The molecule has 0 atom stereocenters. The summed E-state index contributed by atoms with van der Waals surface area (Å²) in [5, 5.41) is 0. The standard InChI is InChI=1S/C16H15FO5/c1-10(2)15(18)21-8-7-20-12-5-6-14(13(17)9-12)22-16(19)11(3)4/h5-9H,1,3H2,2,4H3. The number of hydrogen-bond donors (Lipinski definition) is 0. The Bertz CT molecular complexity index is 646. The third kappa shape index (κ3) is 5.24. The Morgan fingerprint density at radius 3 is 2.27 bits per heavy atom. The summed E-state index contributed by atoms with van der Waals surface area (Å²) < 4.78 is 28.2. The molecule has 22 heavy (non-hydrogen) atoms. The zero-order valence-corrected chi connectivity index (χ0v) is 12.2. The van der Waals surface area contributed by atoms with E-state index in [4.69, 9.17) is 9.47 Å². The SMILES string of the molecule is C=C(C)C(=O)OC=COc1ccc(OC(=O)C(=C)C)c(F)c1. The van der Waals surface area contributed by atoms with Gasteiger partial charge in [-0.15, -0.1) is 0 Å². The molecule has 0 saturated carbocycles. The molecule has 1 rings (SSSR count). The van der Waals surface area contributed by atoms with Crippen molar-refractivity contribution < 1.29 is 28.2 Å². The van der Waals surface area contributed by atoms with E-state index in [9.17, 15) is 14.0 Å². The maximum Gasteiger partial charge on any atom is 0.338 e. The number of halogens is 1. The van der Waals surface area contributed by atoms with Crippen molar-refractivity contribution >= 4 is 11.9 Å². The molecule has 1 aromatic rings. The number of carbonyl (C=O) groups is 2. The first kappa shape index (κ1) is 17.2. The molecule has 0 bridgehead atoms. The van der Waals surface area contributed by atoms with E-state index in [2.05, 4.69) is 17.9 Å². The highest BCUT2D eigenvalue weighted by Crippen LogP contribution is 2.23. The van der Waals surface area contributed by atoms with Gasteiger partial charge in [-0.05, 0) is 26.0 Å². The van der Waals surface area contributed by atoms with Crippen LogP contribution in [-0.4, -0.2) is 11.9 Å². The number of benzene rings is 1. The van der Waals surface area contributed by atoms with E-state index in [1.54, 1.807) is 0 Å². The van der Waals surface area contributed by atoms with Gasteiger partial charge in [0.15, 0.2) is 11.6 Å². The highest BCUT2D eigenvalue weighted by molar-refractivity contribution is 5.88. The van der Waals surface area contributed by atoms with Crippen molar-refractivity contribution in [3.63, 3.8) is 0 Å². The minimum atomic E-state index is -0.778. The molecule has 6 heteroatoms. The molecule has 0 spiro atoms. The second-order valence-electron chi connectivity index (χ2n) is 4.34. The molecule has 116 valence electrons. The molecule has 0 saturated heterocycles. The van der Waals surface area contributed by atoms with Crippen LogP contribution in [0.25, 0.3) is 0 Å². The Kier molecular flexibility index (Phi) is 6.07. The van der Waals surface area contributed by atoms with Crippen LogP contribution in [0.1, 0.15) is 13.8 Å². The molecule has 5 nitrogen and oxygen atoms in total. The van der Waals surface area contributed by atoms with Crippen molar-refractivity contribution in [3.8, 4) is 11.5 Å². The monoisotopic (exact) mass is 306 g/mol. The maximum atomic E-state index is 13.7. The summed E-state index contributed by atoms with van der Waals surface area (Å²) in [6, 6.07) is 3.64. The van der Waals surface area contributed by atoms with Crippen LogP contribution in [0.4, 0.5) is 4.39 Å². The van der Waals surface area contributed by atoms with Gasteiger partial charge < -0.3 is 14.2 Å². The molecule has 1 aromatic carbocycles. The van der Waals surface area contributed by atoms with Gasteiger partial charge in [-0.1, -0.05) is 13.2 Å². The van der Waals surface area contributed by atoms with Crippen molar-refractivity contribution in [2.45, 2.75) is 13.8 Å². The Hall–Kier alpha value is -2.89. The molecular formula is C16H15FO5. The fourth-order valence-electron chi connectivity index (χ4n) is 1.12.